The van der Waals surface area contributed by atoms with Gasteiger partial charge in [-0.25, -0.2) is 9.97 Å². The van der Waals surface area contributed by atoms with E-state index in [-0.39, 0.29) is 24.5 Å². The van der Waals surface area contributed by atoms with Gasteiger partial charge in [0.05, 0.1) is 23.7 Å². The van der Waals surface area contributed by atoms with E-state index in [9.17, 15) is 14.7 Å². The maximum atomic E-state index is 12.9. The zero-order valence-electron chi connectivity index (χ0n) is 22.1. The molecule has 0 aliphatic heterocycles. The normalized spacial score (nSPS) is 13.7. The molecule has 1 aliphatic carbocycles. The summed E-state index contributed by atoms with van der Waals surface area (Å²) in [6.07, 6.45) is 4.56. The van der Waals surface area contributed by atoms with Gasteiger partial charge in [0.2, 0.25) is 0 Å². The highest BCUT2D eigenvalue weighted by atomic mass is 16.3. The minimum Gasteiger partial charge on any atom is -0.394 e. The standard InChI is InChI=1S/C30H32N6O3/c1-17(2)29(38)34-22-12-10-20(11-13-22)26-24(25-27(31)32-16-33-28(25)36(26)3)19-6-8-21(9-7-19)30(39)35-23(15-37)14-18-4-5-18/h6-13,16,18,23,37H,1,4-5,14-15H2,2-3H3,(H,34,38)(H,35,39)(H2,31,32,33)/t23-/m1/s1. The first kappa shape index (κ1) is 26.1. The van der Waals surface area contributed by atoms with Gasteiger partial charge in [-0.1, -0.05) is 43.7 Å². The minimum atomic E-state index is -0.241. The van der Waals surface area contributed by atoms with E-state index in [0.29, 0.717) is 34.2 Å². The lowest BCUT2D eigenvalue weighted by atomic mass is 9.97. The van der Waals surface area contributed by atoms with Crippen LogP contribution < -0.4 is 16.4 Å². The number of aromatic nitrogens is 3. The molecule has 2 heterocycles. The van der Waals surface area contributed by atoms with E-state index in [0.717, 1.165) is 47.0 Å². The van der Waals surface area contributed by atoms with Crippen LogP contribution in [0.1, 0.15) is 36.5 Å². The Bertz CT molecular complexity index is 1550. The number of rotatable bonds is 9. The lowest BCUT2D eigenvalue weighted by Crippen LogP contribution is -2.37. The Morgan fingerprint density at radius 3 is 2.38 bits per heavy atom. The van der Waals surface area contributed by atoms with Gasteiger partial charge in [-0.15, -0.1) is 0 Å². The van der Waals surface area contributed by atoms with Crippen LogP contribution in [0.2, 0.25) is 0 Å². The Kier molecular flexibility index (Phi) is 7.17. The Hall–Kier alpha value is -4.50. The highest BCUT2D eigenvalue weighted by Gasteiger charge is 2.26. The lowest BCUT2D eigenvalue weighted by molar-refractivity contribution is -0.112. The average molecular weight is 525 g/mol. The number of amides is 2. The van der Waals surface area contributed by atoms with Gasteiger partial charge in [-0.3, -0.25) is 9.59 Å². The number of fused-ring (bicyclic) bond motifs is 1. The highest BCUT2D eigenvalue weighted by molar-refractivity contribution is 6.08. The fourth-order valence-electron chi connectivity index (χ4n) is 4.84. The monoisotopic (exact) mass is 524 g/mol. The van der Waals surface area contributed by atoms with Crippen molar-refractivity contribution < 1.29 is 14.7 Å². The third-order valence-corrected chi connectivity index (χ3v) is 7.11. The maximum absolute atomic E-state index is 12.9. The summed E-state index contributed by atoms with van der Waals surface area (Å²) in [6, 6.07) is 14.6. The van der Waals surface area contributed by atoms with Gasteiger partial charge in [0, 0.05) is 29.4 Å². The fourth-order valence-corrected chi connectivity index (χ4v) is 4.84. The van der Waals surface area contributed by atoms with Crippen molar-refractivity contribution in [3.8, 4) is 22.4 Å². The van der Waals surface area contributed by atoms with Crippen molar-refractivity contribution in [2.24, 2.45) is 13.0 Å². The van der Waals surface area contributed by atoms with E-state index < -0.39 is 0 Å². The first-order valence-corrected chi connectivity index (χ1v) is 12.9. The first-order chi connectivity index (χ1) is 18.8. The third kappa shape index (κ3) is 5.39. The van der Waals surface area contributed by atoms with Crippen LogP contribution in [0.5, 0.6) is 0 Å². The van der Waals surface area contributed by atoms with E-state index in [4.69, 9.17) is 5.73 Å². The Labute approximate surface area is 226 Å². The van der Waals surface area contributed by atoms with Crippen LogP contribution >= 0.6 is 0 Å². The van der Waals surface area contributed by atoms with Crippen LogP contribution in [-0.4, -0.2) is 44.1 Å². The Morgan fingerprint density at radius 1 is 1.10 bits per heavy atom. The van der Waals surface area contributed by atoms with Crippen molar-refractivity contribution >= 4 is 34.4 Å². The zero-order chi connectivity index (χ0) is 27.7. The largest absolute Gasteiger partial charge is 0.394 e. The van der Waals surface area contributed by atoms with Crippen molar-refractivity contribution in [3.63, 3.8) is 0 Å². The van der Waals surface area contributed by atoms with Gasteiger partial charge in [-0.2, -0.15) is 0 Å². The summed E-state index contributed by atoms with van der Waals surface area (Å²) in [7, 11) is 1.92. The molecule has 5 rings (SSSR count). The Balaban J connectivity index is 1.51. The van der Waals surface area contributed by atoms with Crippen LogP contribution in [0.3, 0.4) is 0 Å². The number of aryl methyl sites for hydroxylation is 1. The molecule has 9 heteroatoms. The van der Waals surface area contributed by atoms with Crippen molar-refractivity contribution in [1.82, 2.24) is 19.9 Å². The molecule has 4 aromatic rings. The van der Waals surface area contributed by atoms with Crippen LogP contribution in [0.4, 0.5) is 11.5 Å². The summed E-state index contributed by atoms with van der Waals surface area (Å²) >= 11 is 0. The van der Waals surface area contributed by atoms with Crippen LogP contribution in [0, 0.1) is 5.92 Å². The van der Waals surface area contributed by atoms with Crippen molar-refractivity contribution in [2.75, 3.05) is 17.7 Å². The number of nitrogen functional groups attached to an aromatic ring is 1. The van der Waals surface area contributed by atoms with Gasteiger partial charge in [0.25, 0.3) is 11.8 Å². The molecule has 1 atom stereocenters. The van der Waals surface area contributed by atoms with Crippen LogP contribution in [0.25, 0.3) is 33.4 Å². The van der Waals surface area contributed by atoms with Gasteiger partial charge in [0.15, 0.2) is 0 Å². The number of aliphatic hydroxyl groups excluding tert-OH is 1. The molecule has 0 radical (unpaired) electrons. The Morgan fingerprint density at radius 2 is 1.77 bits per heavy atom. The van der Waals surface area contributed by atoms with E-state index in [1.807, 2.05) is 48.0 Å². The number of aliphatic hydroxyl groups is 1. The van der Waals surface area contributed by atoms with E-state index in [1.54, 1.807) is 19.1 Å². The quantitative estimate of drug-likeness (QED) is 0.241. The summed E-state index contributed by atoms with van der Waals surface area (Å²) in [4.78, 5) is 33.6. The maximum Gasteiger partial charge on any atom is 0.251 e. The van der Waals surface area contributed by atoms with E-state index in [2.05, 4.69) is 27.2 Å². The molecule has 2 aromatic carbocycles. The molecule has 0 saturated heterocycles. The molecule has 200 valence electrons. The summed E-state index contributed by atoms with van der Waals surface area (Å²) in [5.41, 5.74) is 12.1. The molecule has 1 fully saturated rings. The molecule has 0 bridgehead atoms. The van der Waals surface area contributed by atoms with Crippen LogP contribution in [0.15, 0.2) is 67.0 Å². The summed E-state index contributed by atoms with van der Waals surface area (Å²) < 4.78 is 1.97. The number of carbonyl (C=O) groups is 2. The number of hydrogen-bond donors (Lipinski definition) is 4. The number of benzene rings is 2. The summed E-state index contributed by atoms with van der Waals surface area (Å²) in [5.74, 6) is 0.501. The van der Waals surface area contributed by atoms with Crippen LogP contribution in [-0.2, 0) is 11.8 Å². The number of nitrogens with one attached hydrogen (secondary N) is 2. The third-order valence-electron chi connectivity index (χ3n) is 7.11. The predicted molar refractivity (Wildman–Crippen MR) is 153 cm³/mol. The summed E-state index contributed by atoms with van der Waals surface area (Å²) in [6.45, 7) is 5.26. The van der Waals surface area contributed by atoms with Gasteiger partial charge < -0.3 is 26.0 Å². The molecule has 39 heavy (non-hydrogen) atoms. The van der Waals surface area contributed by atoms with Crippen molar-refractivity contribution in [3.05, 3.63) is 72.6 Å². The second-order valence-electron chi connectivity index (χ2n) is 10.2. The van der Waals surface area contributed by atoms with Crippen molar-refractivity contribution in [2.45, 2.75) is 32.2 Å². The molecule has 9 nitrogen and oxygen atoms in total. The molecule has 5 N–H and O–H groups in total. The van der Waals surface area contributed by atoms with Gasteiger partial charge in [0.1, 0.15) is 17.8 Å². The molecule has 1 aliphatic rings. The lowest BCUT2D eigenvalue weighted by Gasteiger charge is -2.16. The first-order valence-electron chi connectivity index (χ1n) is 12.9. The second kappa shape index (κ2) is 10.7. The SMILES string of the molecule is C=C(C)C(=O)Nc1ccc(-c2c(-c3ccc(C(=O)N[C@@H](CO)CC4CC4)cc3)c3c(N)ncnc3n2C)cc1. The number of nitrogens with zero attached hydrogens (tertiary/aromatic N) is 3. The molecular weight excluding hydrogens is 492 g/mol. The molecular formula is C30H32N6O3. The molecule has 2 amide bonds. The smallest absolute Gasteiger partial charge is 0.251 e. The van der Waals surface area contributed by atoms with Gasteiger partial charge in [-0.05, 0) is 54.7 Å². The minimum absolute atomic E-state index is 0.0748. The molecule has 0 spiro atoms. The fraction of sp³-hybridized carbons (Fsp3) is 0.267. The van der Waals surface area contributed by atoms with Crippen molar-refractivity contribution in [1.29, 1.82) is 0 Å². The number of anilines is 2. The molecule has 2 aromatic heterocycles. The number of carbonyl (C=O) groups excluding carboxylic acids is 2. The summed E-state index contributed by atoms with van der Waals surface area (Å²) in [5, 5.41) is 16.2. The van der Waals surface area contributed by atoms with E-state index in [1.165, 1.54) is 6.33 Å². The van der Waals surface area contributed by atoms with Gasteiger partial charge >= 0.3 is 0 Å². The molecule has 1 saturated carbocycles. The highest BCUT2D eigenvalue weighted by Crippen LogP contribution is 2.41. The van der Waals surface area contributed by atoms with E-state index >= 15 is 0 Å². The average Bonchev–Trinajstić information content (AvgIpc) is 3.70. The molecule has 0 unspecified atom stereocenters. The topological polar surface area (TPSA) is 135 Å². The second-order valence-corrected chi connectivity index (χ2v) is 10.2. The number of nitrogens with two attached hydrogens (primary N) is 1. The predicted octanol–water partition coefficient (Wildman–Crippen LogP) is 4.29. The number of hydrogen-bond acceptors (Lipinski definition) is 6. The zero-order valence-corrected chi connectivity index (χ0v) is 22.1.